The summed E-state index contributed by atoms with van der Waals surface area (Å²) in [5, 5.41) is 6.14. The lowest BCUT2D eigenvalue weighted by molar-refractivity contribution is 0.474. The van der Waals surface area contributed by atoms with Crippen molar-refractivity contribution < 1.29 is 17.5 Å². The number of ether oxygens (including phenoxy) is 1. The normalized spacial score (nSPS) is 11.4. The topological polar surface area (TPSA) is 86.1 Å². The highest BCUT2D eigenvalue weighted by Crippen LogP contribution is 2.36. The molecule has 2 heterocycles. The quantitative estimate of drug-likeness (QED) is 0.437. The molecular formula is C19H14ClFN4O3S2. The maximum Gasteiger partial charge on any atom is 0.265 e. The van der Waals surface area contributed by atoms with E-state index in [4.69, 9.17) is 16.3 Å². The number of aryl methyl sites for hydroxylation is 1. The van der Waals surface area contributed by atoms with Gasteiger partial charge in [0.1, 0.15) is 22.2 Å². The molecule has 0 unspecified atom stereocenters. The van der Waals surface area contributed by atoms with Crippen molar-refractivity contribution in [3.05, 3.63) is 70.4 Å². The Balaban J connectivity index is 1.65. The van der Waals surface area contributed by atoms with Gasteiger partial charge < -0.3 is 4.74 Å². The second-order valence-electron chi connectivity index (χ2n) is 6.15. The van der Waals surface area contributed by atoms with Crippen LogP contribution < -0.4 is 9.46 Å². The molecule has 0 atom stereocenters. The number of rotatable bonds is 6. The fourth-order valence-corrected chi connectivity index (χ4v) is 4.57. The Kier molecular flexibility index (Phi) is 5.46. The molecule has 0 bridgehead atoms. The number of halogens is 2. The fourth-order valence-electron chi connectivity index (χ4n) is 2.78. The zero-order valence-corrected chi connectivity index (χ0v) is 17.8. The van der Waals surface area contributed by atoms with Gasteiger partial charge in [0.15, 0.2) is 5.82 Å². The van der Waals surface area contributed by atoms with Gasteiger partial charge in [0.25, 0.3) is 10.0 Å². The van der Waals surface area contributed by atoms with E-state index < -0.39 is 20.7 Å². The predicted molar refractivity (Wildman–Crippen MR) is 113 cm³/mol. The van der Waals surface area contributed by atoms with Crippen molar-refractivity contribution in [2.24, 2.45) is 7.05 Å². The first-order valence-corrected chi connectivity index (χ1v) is 11.3. The SMILES string of the molecule is Cn1nccc1-c1cc(Cl)ccc1Oc1ccc(S(=O)(=O)Nc2cscn2)c(F)c1. The molecule has 4 aromatic rings. The Morgan fingerprint density at radius 1 is 1.20 bits per heavy atom. The van der Waals surface area contributed by atoms with Crippen LogP contribution in [0.4, 0.5) is 10.2 Å². The van der Waals surface area contributed by atoms with Gasteiger partial charge in [-0.05, 0) is 36.4 Å². The van der Waals surface area contributed by atoms with Crippen molar-refractivity contribution in [2.45, 2.75) is 4.90 Å². The summed E-state index contributed by atoms with van der Waals surface area (Å²) in [7, 11) is -2.35. The van der Waals surface area contributed by atoms with Crippen molar-refractivity contribution in [3.63, 3.8) is 0 Å². The number of thiazole rings is 1. The lowest BCUT2D eigenvalue weighted by atomic mass is 10.1. The first-order valence-electron chi connectivity index (χ1n) is 8.50. The zero-order valence-electron chi connectivity index (χ0n) is 15.4. The fraction of sp³-hybridized carbons (Fsp3) is 0.0526. The first kappa shape index (κ1) is 20.3. The summed E-state index contributed by atoms with van der Waals surface area (Å²) in [6.07, 6.45) is 1.63. The summed E-state index contributed by atoms with van der Waals surface area (Å²) < 4.78 is 49.2. The van der Waals surface area contributed by atoms with Crippen molar-refractivity contribution >= 4 is 38.8 Å². The molecule has 1 N–H and O–H groups in total. The van der Waals surface area contributed by atoms with Gasteiger partial charge in [0, 0.05) is 35.3 Å². The molecule has 7 nitrogen and oxygen atoms in total. The second-order valence-corrected chi connectivity index (χ2v) is 8.96. The van der Waals surface area contributed by atoms with Crippen LogP contribution in [0.15, 0.2) is 64.4 Å². The molecule has 0 amide bonds. The number of hydrogen-bond acceptors (Lipinski definition) is 6. The Morgan fingerprint density at radius 3 is 2.70 bits per heavy atom. The minimum Gasteiger partial charge on any atom is -0.457 e. The molecule has 11 heteroatoms. The van der Waals surface area contributed by atoms with Crippen LogP contribution in [0.2, 0.25) is 5.02 Å². The summed E-state index contributed by atoms with van der Waals surface area (Å²) in [6.45, 7) is 0. The Morgan fingerprint density at radius 2 is 2.03 bits per heavy atom. The number of aromatic nitrogens is 3. The number of nitrogens with one attached hydrogen (secondary N) is 1. The number of anilines is 1. The zero-order chi connectivity index (χ0) is 21.3. The molecule has 0 fully saturated rings. The van der Waals surface area contributed by atoms with Gasteiger partial charge in [-0.2, -0.15) is 5.10 Å². The Hall–Kier alpha value is -2.95. The summed E-state index contributed by atoms with van der Waals surface area (Å²) in [5.74, 6) is -0.280. The van der Waals surface area contributed by atoms with Crippen LogP contribution in [0.25, 0.3) is 11.3 Å². The van der Waals surface area contributed by atoms with Crippen LogP contribution in [0, 0.1) is 5.82 Å². The van der Waals surface area contributed by atoms with Gasteiger partial charge in [-0.3, -0.25) is 9.40 Å². The number of sulfonamides is 1. The molecule has 2 aromatic heterocycles. The van der Waals surface area contributed by atoms with Gasteiger partial charge in [0.2, 0.25) is 0 Å². The van der Waals surface area contributed by atoms with Gasteiger partial charge in [-0.1, -0.05) is 11.6 Å². The van der Waals surface area contributed by atoms with Gasteiger partial charge in [-0.25, -0.2) is 17.8 Å². The molecule has 0 aliphatic heterocycles. The first-order chi connectivity index (χ1) is 14.3. The van der Waals surface area contributed by atoms with Gasteiger partial charge >= 0.3 is 0 Å². The van der Waals surface area contributed by atoms with Crippen LogP contribution in [-0.4, -0.2) is 23.2 Å². The van der Waals surface area contributed by atoms with Crippen LogP contribution in [-0.2, 0) is 17.1 Å². The molecule has 0 radical (unpaired) electrons. The highest BCUT2D eigenvalue weighted by molar-refractivity contribution is 7.92. The van der Waals surface area contributed by atoms with E-state index in [9.17, 15) is 12.8 Å². The average Bonchev–Trinajstić information content (AvgIpc) is 3.34. The standard InChI is InChI=1S/C19H14ClFN4O3S2/c1-25-16(6-7-23-25)14-8-12(20)2-4-17(14)28-13-3-5-18(15(21)9-13)30(26,27)24-19-10-29-11-22-19/h2-11,24H,1H3. The third-order valence-electron chi connectivity index (χ3n) is 4.13. The minimum atomic E-state index is -4.12. The van der Waals surface area contributed by atoms with E-state index in [0.29, 0.717) is 16.3 Å². The maximum absolute atomic E-state index is 14.6. The lowest BCUT2D eigenvalue weighted by Crippen LogP contribution is -2.14. The largest absolute Gasteiger partial charge is 0.457 e. The molecule has 0 saturated heterocycles. The van der Waals surface area contributed by atoms with Crippen LogP contribution in [0.5, 0.6) is 11.5 Å². The Labute approximate surface area is 180 Å². The minimum absolute atomic E-state index is 0.127. The van der Waals surface area contributed by atoms with Crippen molar-refractivity contribution in [2.75, 3.05) is 4.72 Å². The van der Waals surface area contributed by atoms with Gasteiger partial charge in [0.05, 0.1) is 11.2 Å². The molecular weight excluding hydrogens is 451 g/mol. The molecule has 4 rings (SSSR count). The molecule has 2 aromatic carbocycles. The van der Waals surface area contributed by atoms with E-state index in [1.807, 2.05) is 0 Å². The van der Waals surface area contributed by atoms with E-state index in [2.05, 4.69) is 14.8 Å². The smallest absolute Gasteiger partial charge is 0.265 e. The van der Waals surface area contributed by atoms with Gasteiger partial charge in [-0.15, -0.1) is 11.3 Å². The molecule has 0 aliphatic carbocycles. The van der Waals surface area contributed by atoms with E-state index in [-0.39, 0.29) is 11.6 Å². The highest BCUT2D eigenvalue weighted by Gasteiger charge is 2.21. The molecule has 30 heavy (non-hydrogen) atoms. The van der Waals surface area contributed by atoms with Crippen LogP contribution in [0.1, 0.15) is 0 Å². The summed E-state index contributed by atoms with van der Waals surface area (Å²) in [5.41, 5.74) is 2.88. The average molecular weight is 465 g/mol. The summed E-state index contributed by atoms with van der Waals surface area (Å²) >= 11 is 7.34. The van der Waals surface area contributed by atoms with E-state index >= 15 is 0 Å². The van der Waals surface area contributed by atoms with Crippen molar-refractivity contribution in [1.29, 1.82) is 0 Å². The van der Waals surface area contributed by atoms with E-state index in [0.717, 1.165) is 17.8 Å². The van der Waals surface area contributed by atoms with Crippen molar-refractivity contribution in [3.8, 4) is 22.8 Å². The van der Waals surface area contributed by atoms with E-state index in [1.54, 1.807) is 42.2 Å². The number of benzene rings is 2. The van der Waals surface area contributed by atoms with E-state index in [1.165, 1.54) is 28.3 Å². The summed E-state index contributed by atoms with van der Waals surface area (Å²) in [4.78, 5) is 3.33. The van der Waals surface area contributed by atoms with Crippen LogP contribution >= 0.6 is 22.9 Å². The number of hydrogen-bond donors (Lipinski definition) is 1. The molecule has 154 valence electrons. The monoisotopic (exact) mass is 464 g/mol. The second kappa shape index (κ2) is 8.05. The predicted octanol–water partition coefficient (Wildman–Crippen LogP) is 4.93. The summed E-state index contributed by atoms with van der Waals surface area (Å²) in [6, 6.07) is 10.3. The Bertz CT molecular complexity index is 1310. The highest BCUT2D eigenvalue weighted by atomic mass is 35.5. The van der Waals surface area contributed by atoms with Crippen molar-refractivity contribution in [1.82, 2.24) is 14.8 Å². The molecule has 0 spiro atoms. The third kappa shape index (κ3) is 4.16. The molecule has 0 aliphatic rings. The van der Waals surface area contributed by atoms with Crippen LogP contribution in [0.3, 0.4) is 0 Å². The number of nitrogens with zero attached hydrogens (tertiary/aromatic N) is 3. The third-order valence-corrected chi connectivity index (χ3v) is 6.34. The maximum atomic E-state index is 14.6. The lowest BCUT2D eigenvalue weighted by Gasteiger charge is -2.13. The molecule has 0 saturated carbocycles.